The Bertz CT molecular complexity index is 999. The molecule has 2 unspecified atom stereocenters. The summed E-state index contributed by atoms with van der Waals surface area (Å²) in [5.74, 6) is 0.559. The molecule has 3 rings (SSSR count). The van der Waals surface area contributed by atoms with Crippen LogP contribution in [0.4, 0.5) is 0 Å². The van der Waals surface area contributed by atoms with Crippen LogP contribution in [0.3, 0.4) is 0 Å². The zero-order valence-electron chi connectivity index (χ0n) is 16.2. The van der Waals surface area contributed by atoms with Crippen LogP contribution in [0.25, 0.3) is 0 Å². The number of para-hydroxylation sites is 1. The van der Waals surface area contributed by atoms with E-state index in [1.807, 2.05) is 4.90 Å². The third-order valence-electron chi connectivity index (χ3n) is 5.04. The molecule has 0 radical (unpaired) electrons. The number of carbonyl (C=O) groups is 1. The summed E-state index contributed by atoms with van der Waals surface area (Å²) in [5.41, 5.74) is 1.20. The van der Waals surface area contributed by atoms with Crippen molar-refractivity contribution >= 4 is 39.3 Å². The van der Waals surface area contributed by atoms with E-state index in [-0.39, 0.29) is 30.7 Å². The molecule has 2 atom stereocenters. The number of hydrogen-bond acceptors (Lipinski definition) is 6. The minimum Gasteiger partial charge on any atom is -0.490 e. The summed E-state index contributed by atoms with van der Waals surface area (Å²) >= 11 is 12.3. The molecular weight excluding hydrogens is 449 g/mol. The summed E-state index contributed by atoms with van der Waals surface area (Å²) in [5, 5.41) is 11.6. The van der Waals surface area contributed by atoms with Gasteiger partial charge in [-0.15, -0.1) is 0 Å². The summed E-state index contributed by atoms with van der Waals surface area (Å²) in [6, 6.07) is 11.7. The average Bonchev–Trinajstić information content (AvgIpc) is 3.07. The quantitative estimate of drug-likeness (QED) is 0.565. The summed E-state index contributed by atoms with van der Waals surface area (Å²) in [4.78, 5) is 13.0. The molecule has 1 saturated heterocycles. The van der Waals surface area contributed by atoms with Gasteiger partial charge in [0.15, 0.2) is 16.1 Å². The van der Waals surface area contributed by atoms with E-state index in [0.29, 0.717) is 40.6 Å². The highest BCUT2D eigenvalue weighted by atomic mass is 35.5. The predicted octanol–water partition coefficient (Wildman–Crippen LogP) is 3.23. The number of nitrogens with zero attached hydrogens (tertiary/aromatic N) is 1. The maximum Gasteiger partial charge on any atom is 0.153 e. The lowest BCUT2D eigenvalue weighted by molar-refractivity contribution is 0.0522. The van der Waals surface area contributed by atoms with Crippen LogP contribution in [-0.2, 0) is 16.4 Å². The van der Waals surface area contributed by atoms with Gasteiger partial charge in [-0.1, -0.05) is 41.4 Å². The molecule has 9 heteroatoms. The number of halogens is 2. The van der Waals surface area contributed by atoms with Crippen molar-refractivity contribution < 1.29 is 23.1 Å². The van der Waals surface area contributed by atoms with Gasteiger partial charge in [-0.25, -0.2) is 8.42 Å². The second-order valence-corrected chi connectivity index (χ2v) is 10.4. The molecule has 162 valence electrons. The Kier molecular flexibility index (Phi) is 7.76. The van der Waals surface area contributed by atoms with Crippen LogP contribution in [0.15, 0.2) is 42.5 Å². The van der Waals surface area contributed by atoms with Gasteiger partial charge in [0, 0.05) is 29.2 Å². The average molecular weight is 472 g/mol. The molecule has 1 N–H and O–H groups in total. The first-order valence-corrected chi connectivity index (χ1v) is 12.1. The fraction of sp³-hybridized carbons (Fsp3) is 0.381. The van der Waals surface area contributed by atoms with Crippen molar-refractivity contribution in [3.05, 3.63) is 63.6 Å². The van der Waals surface area contributed by atoms with Crippen LogP contribution < -0.4 is 4.74 Å². The molecule has 0 amide bonds. The molecule has 1 aliphatic rings. The predicted molar refractivity (Wildman–Crippen MR) is 117 cm³/mol. The van der Waals surface area contributed by atoms with E-state index in [0.717, 1.165) is 5.56 Å². The van der Waals surface area contributed by atoms with Gasteiger partial charge in [0.2, 0.25) is 0 Å². The molecular formula is C21H23Cl2NO5S. The van der Waals surface area contributed by atoms with Crippen molar-refractivity contribution in [2.45, 2.75) is 25.1 Å². The lowest BCUT2D eigenvalue weighted by Gasteiger charge is -2.30. The molecule has 1 aliphatic heterocycles. The summed E-state index contributed by atoms with van der Waals surface area (Å²) in [6.45, 7) is 0.537. The van der Waals surface area contributed by atoms with Crippen LogP contribution >= 0.6 is 23.2 Å². The number of benzene rings is 2. The Morgan fingerprint density at radius 2 is 2.00 bits per heavy atom. The number of ether oxygens (including phenoxy) is 1. The summed E-state index contributed by atoms with van der Waals surface area (Å²) in [7, 11) is -3.10. The smallest absolute Gasteiger partial charge is 0.153 e. The minimum atomic E-state index is -3.10. The third-order valence-corrected chi connectivity index (χ3v) is 7.37. The number of aliphatic hydroxyl groups excluding tert-OH is 1. The lowest BCUT2D eigenvalue weighted by atomic mass is 10.1. The minimum absolute atomic E-state index is 0.0326. The largest absolute Gasteiger partial charge is 0.490 e. The number of carbonyl (C=O) groups excluding carboxylic acids is 1. The Labute approximate surface area is 186 Å². The van der Waals surface area contributed by atoms with E-state index in [2.05, 4.69) is 0 Å². The fourth-order valence-electron chi connectivity index (χ4n) is 3.49. The highest BCUT2D eigenvalue weighted by Crippen LogP contribution is 2.26. The van der Waals surface area contributed by atoms with Crippen molar-refractivity contribution in [3.8, 4) is 5.75 Å². The second-order valence-electron chi connectivity index (χ2n) is 7.34. The fourth-order valence-corrected chi connectivity index (χ4v) is 5.72. The molecule has 0 bridgehead atoms. The van der Waals surface area contributed by atoms with Gasteiger partial charge in [0.25, 0.3) is 0 Å². The van der Waals surface area contributed by atoms with Gasteiger partial charge < -0.3 is 9.84 Å². The molecule has 30 heavy (non-hydrogen) atoms. The number of rotatable bonds is 9. The van der Waals surface area contributed by atoms with Gasteiger partial charge in [-0.2, -0.15) is 0 Å². The molecule has 1 fully saturated rings. The van der Waals surface area contributed by atoms with Crippen molar-refractivity contribution in [2.24, 2.45) is 0 Å². The van der Waals surface area contributed by atoms with Crippen molar-refractivity contribution in [1.29, 1.82) is 0 Å². The molecule has 2 aromatic rings. The SMILES string of the molecule is O=Cc1ccccc1OCC(O)CN(Cc1ccc(Cl)cc1Cl)C1CCS(=O)(=O)C1. The second kappa shape index (κ2) is 10.1. The number of aldehydes is 1. The highest BCUT2D eigenvalue weighted by molar-refractivity contribution is 7.91. The van der Waals surface area contributed by atoms with Crippen molar-refractivity contribution in [3.63, 3.8) is 0 Å². The normalized spacial score (nSPS) is 19.0. The highest BCUT2D eigenvalue weighted by Gasteiger charge is 2.33. The van der Waals surface area contributed by atoms with Gasteiger partial charge in [0.1, 0.15) is 18.5 Å². The first-order chi connectivity index (χ1) is 14.3. The topological polar surface area (TPSA) is 83.9 Å². The number of hydrogen-bond donors (Lipinski definition) is 1. The van der Waals surface area contributed by atoms with Gasteiger partial charge >= 0.3 is 0 Å². The van der Waals surface area contributed by atoms with Crippen LogP contribution in [0.5, 0.6) is 5.75 Å². The van der Waals surface area contributed by atoms with Crippen LogP contribution in [-0.4, -0.2) is 61.5 Å². The number of aliphatic hydroxyl groups is 1. The van der Waals surface area contributed by atoms with Gasteiger partial charge in [-0.3, -0.25) is 9.69 Å². The molecule has 1 heterocycles. The molecule has 0 saturated carbocycles. The summed E-state index contributed by atoms with van der Waals surface area (Å²) < 4.78 is 29.6. The summed E-state index contributed by atoms with van der Waals surface area (Å²) in [6.07, 6.45) is 0.300. The maximum atomic E-state index is 12.0. The Hall–Kier alpha value is -1.64. The zero-order valence-corrected chi connectivity index (χ0v) is 18.5. The Balaban J connectivity index is 1.70. The molecule has 0 aromatic heterocycles. The maximum absolute atomic E-state index is 12.0. The standard InChI is InChI=1S/C21H23Cl2NO5S/c22-17-6-5-15(20(23)9-17)10-24(18-7-8-30(27,28)14-18)11-19(26)13-29-21-4-2-1-3-16(21)12-25/h1-6,9,12,18-19,26H,7-8,10-11,13-14H2. The van der Waals surface area contributed by atoms with E-state index in [9.17, 15) is 18.3 Å². The van der Waals surface area contributed by atoms with E-state index in [4.69, 9.17) is 27.9 Å². The van der Waals surface area contributed by atoms with Crippen molar-refractivity contribution in [1.82, 2.24) is 4.90 Å². The van der Waals surface area contributed by atoms with Gasteiger partial charge in [-0.05, 0) is 36.2 Å². The zero-order chi connectivity index (χ0) is 21.7. The Morgan fingerprint density at radius 1 is 1.23 bits per heavy atom. The van der Waals surface area contributed by atoms with Crippen LogP contribution in [0.2, 0.25) is 10.0 Å². The lowest BCUT2D eigenvalue weighted by Crippen LogP contribution is -2.42. The molecule has 0 spiro atoms. The molecule has 2 aromatic carbocycles. The monoisotopic (exact) mass is 471 g/mol. The van der Waals surface area contributed by atoms with E-state index in [1.165, 1.54) is 0 Å². The van der Waals surface area contributed by atoms with Crippen molar-refractivity contribution in [2.75, 3.05) is 24.7 Å². The third kappa shape index (κ3) is 6.18. The molecule has 0 aliphatic carbocycles. The molecule has 6 nitrogen and oxygen atoms in total. The van der Waals surface area contributed by atoms with E-state index < -0.39 is 15.9 Å². The first kappa shape index (κ1) is 23.0. The Morgan fingerprint density at radius 3 is 2.67 bits per heavy atom. The van der Waals surface area contributed by atoms with Crippen LogP contribution in [0, 0.1) is 0 Å². The van der Waals surface area contributed by atoms with E-state index >= 15 is 0 Å². The van der Waals surface area contributed by atoms with E-state index in [1.54, 1.807) is 42.5 Å². The first-order valence-electron chi connectivity index (χ1n) is 9.51. The van der Waals surface area contributed by atoms with Crippen LogP contribution in [0.1, 0.15) is 22.3 Å². The number of sulfone groups is 1. The van der Waals surface area contributed by atoms with Gasteiger partial charge in [0.05, 0.1) is 17.1 Å².